The van der Waals surface area contributed by atoms with Gasteiger partial charge >= 0.3 is 12.0 Å². The Balaban J connectivity index is 0.849. The third-order valence-corrected chi connectivity index (χ3v) is 9.48. The molecule has 0 radical (unpaired) electrons. The molecule has 3 aromatic carbocycles. The number of fused-ring (bicyclic) bond motifs is 3. The maximum atomic E-state index is 12.8. The van der Waals surface area contributed by atoms with Crippen LogP contribution in [0.2, 0.25) is 0 Å². The fourth-order valence-electron chi connectivity index (χ4n) is 6.52. The van der Waals surface area contributed by atoms with Gasteiger partial charge in [0.1, 0.15) is 17.1 Å². The maximum absolute atomic E-state index is 12.8. The van der Waals surface area contributed by atoms with Gasteiger partial charge in [-0.15, -0.1) is 0 Å². The second-order valence-electron chi connectivity index (χ2n) is 13.9. The molecule has 61 heavy (non-hydrogen) atoms. The number of phenols is 1. The fraction of sp³-hybridized carbons (Fsp3) is 0.167. The van der Waals surface area contributed by atoms with E-state index in [0.29, 0.717) is 45.4 Å². The number of rotatable bonds is 14. The number of benzene rings is 4. The monoisotopic (exact) mass is 826 g/mol. The summed E-state index contributed by atoms with van der Waals surface area (Å²) >= 11 is 0. The Bertz CT molecular complexity index is 2910. The van der Waals surface area contributed by atoms with Crippen molar-refractivity contribution in [2.75, 3.05) is 29.5 Å². The Morgan fingerprint density at radius 3 is 2.43 bits per heavy atom. The molecule has 0 fully saturated rings. The highest BCUT2D eigenvalue weighted by atomic mass is 16.4. The van der Waals surface area contributed by atoms with Crippen LogP contribution >= 0.6 is 0 Å². The first-order valence-electron chi connectivity index (χ1n) is 18.9. The molecular weight excluding hydrogens is 789 g/mol. The minimum absolute atomic E-state index is 0.0473. The van der Waals surface area contributed by atoms with Crippen LogP contribution in [0.4, 0.5) is 22.1 Å². The number of carboxylic acid groups (broad SMARTS) is 1. The number of aromatic carboxylic acids is 1. The molecule has 7 rings (SSSR count). The minimum Gasteiger partial charge on any atom is -0.508 e. The number of nitrogen functional groups attached to an aromatic ring is 1. The first kappa shape index (κ1) is 40.8. The van der Waals surface area contributed by atoms with Crippen molar-refractivity contribution in [2.24, 2.45) is 0 Å². The van der Waals surface area contributed by atoms with Crippen molar-refractivity contribution in [3.05, 3.63) is 122 Å². The first-order valence-corrected chi connectivity index (χ1v) is 18.9. The third-order valence-electron chi connectivity index (χ3n) is 9.48. The van der Waals surface area contributed by atoms with Crippen LogP contribution in [0.3, 0.4) is 0 Å². The number of aromatic amines is 1. The summed E-state index contributed by atoms with van der Waals surface area (Å²) in [5.41, 5.74) is 8.13. The lowest BCUT2D eigenvalue weighted by Gasteiger charge is -2.17. The molecule has 5 aromatic rings. The topological polar surface area (TPSA) is 297 Å². The molecule has 2 aliphatic rings. The number of aromatic nitrogens is 4. The summed E-state index contributed by atoms with van der Waals surface area (Å²) in [5.74, 6) is -1.78. The van der Waals surface area contributed by atoms with Crippen LogP contribution in [0.15, 0.2) is 99.1 Å². The number of anilines is 3. The van der Waals surface area contributed by atoms with Crippen LogP contribution in [-0.2, 0) is 11.3 Å². The van der Waals surface area contributed by atoms with E-state index < -0.39 is 17.6 Å². The van der Waals surface area contributed by atoms with Gasteiger partial charge in [-0.05, 0) is 79.6 Å². The number of amides is 4. The molecule has 0 unspecified atom stereocenters. The number of nitrogens with one attached hydrogen (secondary N) is 6. The summed E-state index contributed by atoms with van der Waals surface area (Å²) in [6.45, 7) is 2.23. The highest BCUT2D eigenvalue weighted by Gasteiger charge is 2.23. The predicted molar refractivity (Wildman–Crippen MR) is 225 cm³/mol. The Kier molecular flexibility index (Phi) is 11.8. The van der Waals surface area contributed by atoms with Crippen molar-refractivity contribution < 1.29 is 33.8 Å². The number of H-pyrrole nitrogens is 1. The van der Waals surface area contributed by atoms with Crippen LogP contribution in [0, 0.1) is 0 Å². The van der Waals surface area contributed by atoms with Crippen molar-refractivity contribution in [1.29, 1.82) is 0 Å². The van der Waals surface area contributed by atoms with E-state index in [9.17, 15) is 39.0 Å². The Hall–Kier alpha value is -8.35. The normalized spacial score (nSPS) is 11.6. The van der Waals surface area contributed by atoms with Crippen molar-refractivity contribution in [3.8, 4) is 28.2 Å². The summed E-state index contributed by atoms with van der Waals surface area (Å²) < 4.78 is 5.86. The van der Waals surface area contributed by atoms with Gasteiger partial charge < -0.3 is 46.9 Å². The zero-order chi connectivity index (χ0) is 43.2. The van der Waals surface area contributed by atoms with Crippen molar-refractivity contribution in [3.63, 3.8) is 0 Å². The van der Waals surface area contributed by atoms with E-state index in [1.165, 1.54) is 48.7 Å². The number of carbonyl (C=O) groups is 4. The summed E-state index contributed by atoms with van der Waals surface area (Å²) in [4.78, 5) is 89.5. The predicted octanol–water partition coefficient (Wildman–Crippen LogP) is 4.03. The highest BCUT2D eigenvalue weighted by Crippen LogP contribution is 2.42. The van der Waals surface area contributed by atoms with Crippen molar-refractivity contribution >= 4 is 63.3 Å². The lowest BCUT2D eigenvalue weighted by Crippen LogP contribution is -2.37. The molecule has 0 saturated heterocycles. The van der Waals surface area contributed by atoms with Gasteiger partial charge in [-0.25, -0.2) is 19.6 Å². The third kappa shape index (κ3) is 9.69. The van der Waals surface area contributed by atoms with Gasteiger partial charge in [0.25, 0.3) is 11.5 Å². The average Bonchev–Trinajstić information content (AvgIpc) is 3.23. The zero-order valence-electron chi connectivity index (χ0n) is 32.4. The van der Waals surface area contributed by atoms with Gasteiger partial charge in [0, 0.05) is 71.1 Å². The number of carbonyl (C=O) groups excluding carboxylic acids is 3. The number of phenolic OH excluding ortho intramolecular Hbond substituents is 1. The van der Waals surface area contributed by atoms with Gasteiger partial charge in [0.15, 0.2) is 16.6 Å². The lowest BCUT2D eigenvalue weighted by molar-refractivity contribution is -0.121. The second kappa shape index (κ2) is 17.6. The number of nitrogens with zero attached hydrogens (tertiary/aromatic N) is 3. The maximum Gasteiger partial charge on any atom is 0.336 e. The number of aromatic hydroxyl groups is 1. The van der Waals surface area contributed by atoms with E-state index in [1.54, 1.807) is 43.3 Å². The Labute approximate surface area is 344 Å². The molecule has 310 valence electrons. The van der Waals surface area contributed by atoms with Gasteiger partial charge in [-0.3, -0.25) is 24.2 Å². The molecule has 0 bridgehead atoms. The van der Waals surface area contributed by atoms with Gasteiger partial charge in [0.05, 0.1) is 24.0 Å². The Morgan fingerprint density at radius 1 is 0.885 bits per heavy atom. The molecule has 3 heterocycles. The number of nitrogens with two attached hydrogens (primary N) is 1. The first-order chi connectivity index (χ1) is 29.3. The molecule has 19 nitrogen and oxygen atoms in total. The molecule has 0 saturated carbocycles. The van der Waals surface area contributed by atoms with E-state index in [0.717, 1.165) is 0 Å². The van der Waals surface area contributed by atoms with E-state index >= 15 is 0 Å². The standard InChI is InChI=1S/C42H38N10O9/c1-21(48-38(56)22-3-5-23(6-4-22)46-19-25-20-47-37-36(49-25)39(57)52-41(43)51-37)2-13-34(55)44-14-15-45-42(60)50-24-7-10-28(31(16-24)40(58)59)35-29-11-8-26(53)17-32(29)61-33-18-27(54)9-12-30(33)35/h3-12,16-18,20-21,46,53H,2,13-15,19H2,1H3,(H,44,55)(H,48,56)(H,58,59)(H2,45,50,60)(H3,43,47,51,52,57)/t21-/m1/s1. The number of urea groups is 1. The van der Waals surface area contributed by atoms with Crippen LogP contribution in [-0.4, -0.2) is 73.1 Å². The summed E-state index contributed by atoms with van der Waals surface area (Å²) in [6.07, 6.45) is 1.96. The quantitative estimate of drug-likeness (QED) is 0.0553. The molecule has 1 aliphatic heterocycles. The smallest absolute Gasteiger partial charge is 0.336 e. The van der Waals surface area contributed by atoms with Crippen LogP contribution in [0.5, 0.6) is 5.75 Å². The van der Waals surface area contributed by atoms with Crippen LogP contribution in [0.25, 0.3) is 44.6 Å². The van der Waals surface area contributed by atoms with E-state index in [-0.39, 0.29) is 94.8 Å². The molecule has 19 heteroatoms. The van der Waals surface area contributed by atoms with Gasteiger partial charge in [-0.2, -0.15) is 4.98 Å². The lowest BCUT2D eigenvalue weighted by atomic mass is 9.90. The highest BCUT2D eigenvalue weighted by molar-refractivity contribution is 6.08. The number of hydrogen-bond acceptors (Lipinski definition) is 13. The van der Waals surface area contributed by atoms with Crippen LogP contribution < -0.4 is 43.3 Å². The van der Waals surface area contributed by atoms with Crippen LogP contribution in [0.1, 0.15) is 46.2 Å². The molecule has 4 amide bonds. The number of hydrogen-bond donors (Lipinski definition) is 9. The zero-order valence-corrected chi connectivity index (χ0v) is 32.4. The molecule has 10 N–H and O–H groups in total. The van der Waals surface area contributed by atoms with Gasteiger partial charge in [-0.1, -0.05) is 6.07 Å². The second-order valence-corrected chi connectivity index (χ2v) is 13.9. The minimum atomic E-state index is -1.27. The largest absolute Gasteiger partial charge is 0.508 e. The van der Waals surface area contributed by atoms with Gasteiger partial charge in [0.2, 0.25) is 11.9 Å². The molecule has 1 atom stereocenters. The number of carboxylic acids is 1. The molecule has 2 aromatic heterocycles. The van der Waals surface area contributed by atoms with E-state index in [4.69, 9.17) is 10.2 Å². The summed E-state index contributed by atoms with van der Waals surface area (Å²) in [7, 11) is 0. The SMILES string of the molecule is C[C@H](CCC(=O)NCCNC(=O)Nc1ccc(-c2c3ccc(=O)cc-3oc3cc(O)ccc23)c(C(=O)O)c1)NC(=O)c1ccc(NCc2cnc3nc(N)[nH]c(=O)c3n2)cc1. The Morgan fingerprint density at radius 2 is 1.64 bits per heavy atom. The summed E-state index contributed by atoms with van der Waals surface area (Å²) in [6, 6.07) is 18.7. The summed E-state index contributed by atoms with van der Waals surface area (Å²) in [5, 5.41) is 34.7. The van der Waals surface area contributed by atoms with Crippen molar-refractivity contribution in [1.82, 2.24) is 35.9 Å². The average molecular weight is 827 g/mol. The molecule has 1 aliphatic carbocycles. The molecule has 0 spiro atoms. The fourth-order valence-corrected chi connectivity index (χ4v) is 6.52. The van der Waals surface area contributed by atoms with E-state index in [2.05, 4.69) is 46.5 Å². The van der Waals surface area contributed by atoms with Crippen molar-refractivity contribution in [2.45, 2.75) is 32.4 Å². The van der Waals surface area contributed by atoms with E-state index in [1.807, 2.05) is 0 Å². The molecular formula is C42H38N10O9.